The summed E-state index contributed by atoms with van der Waals surface area (Å²) in [5.41, 5.74) is 2.48. The van der Waals surface area contributed by atoms with E-state index < -0.39 is 0 Å². The second kappa shape index (κ2) is 7.25. The van der Waals surface area contributed by atoms with Crippen LogP contribution in [0.2, 0.25) is 0 Å². The maximum atomic E-state index is 4.66. The predicted octanol–water partition coefficient (Wildman–Crippen LogP) is 6.16. The van der Waals surface area contributed by atoms with Gasteiger partial charge < -0.3 is 0 Å². The molecule has 0 N–H and O–H groups in total. The van der Waals surface area contributed by atoms with Gasteiger partial charge in [-0.3, -0.25) is 0 Å². The summed E-state index contributed by atoms with van der Waals surface area (Å²) in [7, 11) is 0. The Bertz CT molecular complexity index is 502. The van der Waals surface area contributed by atoms with Gasteiger partial charge in [-0.1, -0.05) is 41.0 Å². The monoisotopic (exact) mass is 327 g/mol. The molecule has 2 rings (SSSR count). The summed E-state index contributed by atoms with van der Waals surface area (Å²) in [5, 5.41) is 1.22. The second-order valence-electron chi connectivity index (χ2n) is 4.69. The van der Waals surface area contributed by atoms with Crippen molar-refractivity contribution in [3.63, 3.8) is 0 Å². The molecule has 0 unspecified atom stereocenters. The smallest absolute Gasteiger partial charge is 0.0964 e. The molecule has 1 nitrogen and oxygen atoms in total. The third-order valence-corrected chi connectivity index (χ3v) is 4.33. The van der Waals surface area contributed by atoms with Crippen LogP contribution < -0.4 is 0 Å². The third-order valence-electron chi connectivity index (χ3n) is 2.43. The molecule has 0 amide bonds. The van der Waals surface area contributed by atoms with Crippen molar-refractivity contribution in [1.82, 2.24) is 4.98 Å². The first-order chi connectivity index (χ1) is 8.53. The summed E-state index contributed by atoms with van der Waals surface area (Å²) in [6.45, 7) is 10.8. The number of benzene rings is 1. The van der Waals surface area contributed by atoms with Crippen LogP contribution in [0.4, 0.5) is 0 Å². The minimum atomic E-state index is 0.513. The first kappa shape index (κ1) is 15.6. The van der Waals surface area contributed by atoms with Crippen LogP contribution in [0.1, 0.15) is 57.5 Å². The topological polar surface area (TPSA) is 12.9 Å². The Kier molecular flexibility index (Phi) is 6.30. The van der Waals surface area contributed by atoms with Gasteiger partial charge in [0.15, 0.2) is 0 Å². The quantitative estimate of drug-likeness (QED) is 0.643. The van der Waals surface area contributed by atoms with E-state index in [0.29, 0.717) is 5.92 Å². The molecule has 18 heavy (non-hydrogen) atoms. The zero-order chi connectivity index (χ0) is 13.7. The van der Waals surface area contributed by atoms with E-state index in [0.717, 1.165) is 16.4 Å². The van der Waals surface area contributed by atoms with E-state index in [1.807, 2.05) is 11.3 Å². The molecule has 1 aromatic heterocycles. The fraction of sp³-hybridized carbons (Fsp3) is 0.533. The molecule has 1 heterocycles. The summed E-state index contributed by atoms with van der Waals surface area (Å²) in [4.78, 5) is 4.66. The zero-order valence-corrected chi connectivity index (χ0v) is 14.3. The predicted molar refractivity (Wildman–Crippen MR) is 86.8 cm³/mol. The highest BCUT2D eigenvalue weighted by molar-refractivity contribution is 9.10. The number of aryl methyl sites for hydroxylation is 1. The van der Waals surface area contributed by atoms with Crippen molar-refractivity contribution in [2.75, 3.05) is 0 Å². The van der Waals surface area contributed by atoms with E-state index in [1.165, 1.54) is 21.7 Å². The Balaban J connectivity index is 0.000000492. The van der Waals surface area contributed by atoms with E-state index >= 15 is 0 Å². The van der Waals surface area contributed by atoms with Crippen LogP contribution in [-0.4, -0.2) is 4.98 Å². The van der Waals surface area contributed by atoms with Gasteiger partial charge >= 0.3 is 0 Å². The minimum Gasteiger partial charge on any atom is -0.240 e. The number of nitrogens with zero attached hydrogens (tertiary/aromatic N) is 1. The Morgan fingerprint density at radius 3 is 2.33 bits per heavy atom. The lowest BCUT2D eigenvalue weighted by atomic mass is 10.2. The van der Waals surface area contributed by atoms with E-state index in [1.54, 1.807) is 0 Å². The molecule has 2 aromatic rings. The Labute approximate surface area is 123 Å². The molecule has 0 aliphatic carbocycles. The van der Waals surface area contributed by atoms with Gasteiger partial charge in [0.25, 0.3) is 0 Å². The number of halogens is 1. The van der Waals surface area contributed by atoms with Gasteiger partial charge in [-0.05, 0) is 40.0 Å². The molecule has 100 valence electrons. The highest BCUT2D eigenvalue weighted by Gasteiger charge is 2.10. The first-order valence-electron chi connectivity index (χ1n) is 6.62. The molecule has 0 radical (unpaired) electrons. The lowest BCUT2D eigenvalue weighted by Crippen LogP contribution is -1.84. The van der Waals surface area contributed by atoms with Crippen molar-refractivity contribution < 1.29 is 0 Å². The molecule has 0 bridgehead atoms. The van der Waals surface area contributed by atoms with Crippen molar-refractivity contribution in [2.24, 2.45) is 0 Å². The van der Waals surface area contributed by atoms with Crippen molar-refractivity contribution >= 4 is 37.5 Å². The summed E-state index contributed by atoms with van der Waals surface area (Å²) in [6, 6.07) is 4.43. The summed E-state index contributed by atoms with van der Waals surface area (Å²) >= 11 is 5.40. The van der Waals surface area contributed by atoms with Crippen molar-refractivity contribution in [1.29, 1.82) is 0 Å². The maximum absolute atomic E-state index is 4.66. The molecular weight excluding hydrogens is 306 g/mol. The van der Waals surface area contributed by atoms with Gasteiger partial charge in [0.2, 0.25) is 0 Å². The maximum Gasteiger partial charge on any atom is 0.0964 e. The number of hydrogen-bond donors (Lipinski definition) is 0. The molecule has 1 aromatic carbocycles. The fourth-order valence-corrected chi connectivity index (χ4v) is 3.30. The van der Waals surface area contributed by atoms with Crippen LogP contribution in [0, 0.1) is 0 Å². The second-order valence-corrected chi connectivity index (χ2v) is 6.61. The van der Waals surface area contributed by atoms with Gasteiger partial charge in [0, 0.05) is 10.4 Å². The molecule has 0 saturated carbocycles. The normalized spacial score (nSPS) is 10.6. The standard InChI is InChI=1S/C12H14BrNS.C3H8/c1-4-8-5-9(13)11-10(6-8)15-12(14-11)7(2)3;1-3-2/h5-7H,4H2,1-3H3;3H2,1-2H3. The van der Waals surface area contributed by atoms with E-state index in [9.17, 15) is 0 Å². The van der Waals surface area contributed by atoms with Gasteiger partial charge in [0.05, 0.1) is 15.2 Å². The zero-order valence-electron chi connectivity index (χ0n) is 11.9. The number of fused-ring (bicyclic) bond motifs is 1. The van der Waals surface area contributed by atoms with E-state index in [-0.39, 0.29) is 0 Å². The minimum absolute atomic E-state index is 0.513. The average molecular weight is 328 g/mol. The number of thiazole rings is 1. The highest BCUT2D eigenvalue weighted by Crippen LogP contribution is 2.32. The van der Waals surface area contributed by atoms with Crippen molar-refractivity contribution in [3.8, 4) is 0 Å². The molecule has 0 aliphatic heterocycles. The van der Waals surface area contributed by atoms with Crippen LogP contribution in [0.5, 0.6) is 0 Å². The van der Waals surface area contributed by atoms with Gasteiger partial charge in [-0.25, -0.2) is 4.98 Å². The van der Waals surface area contributed by atoms with Crippen LogP contribution in [0.15, 0.2) is 16.6 Å². The van der Waals surface area contributed by atoms with Crippen LogP contribution >= 0.6 is 27.3 Å². The number of aromatic nitrogens is 1. The summed E-state index contributed by atoms with van der Waals surface area (Å²) < 4.78 is 2.42. The summed E-state index contributed by atoms with van der Waals surface area (Å²) in [5.74, 6) is 0.513. The first-order valence-corrected chi connectivity index (χ1v) is 8.23. The molecule has 0 saturated heterocycles. The van der Waals surface area contributed by atoms with E-state index in [2.05, 4.69) is 67.7 Å². The van der Waals surface area contributed by atoms with Gasteiger partial charge in [-0.15, -0.1) is 11.3 Å². The third kappa shape index (κ3) is 3.79. The summed E-state index contributed by atoms with van der Waals surface area (Å²) in [6.07, 6.45) is 2.32. The molecule has 0 fully saturated rings. The molecule has 0 atom stereocenters. The van der Waals surface area contributed by atoms with Gasteiger partial charge in [0.1, 0.15) is 0 Å². The number of hydrogen-bond acceptors (Lipinski definition) is 2. The molecule has 3 heteroatoms. The fourth-order valence-electron chi connectivity index (χ4n) is 1.51. The lowest BCUT2D eigenvalue weighted by molar-refractivity contribution is 0.856. The molecule has 0 spiro atoms. The van der Waals surface area contributed by atoms with Gasteiger partial charge in [-0.2, -0.15) is 0 Å². The van der Waals surface area contributed by atoms with E-state index in [4.69, 9.17) is 0 Å². The largest absolute Gasteiger partial charge is 0.240 e. The average Bonchev–Trinajstić information content (AvgIpc) is 2.74. The van der Waals surface area contributed by atoms with Crippen LogP contribution in [0.3, 0.4) is 0 Å². The number of rotatable bonds is 2. The Morgan fingerprint density at radius 2 is 1.83 bits per heavy atom. The molecule has 0 aliphatic rings. The molecular formula is C15H22BrNS. The highest BCUT2D eigenvalue weighted by atomic mass is 79.9. The Hall–Kier alpha value is -0.410. The Morgan fingerprint density at radius 1 is 1.22 bits per heavy atom. The van der Waals surface area contributed by atoms with Crippen LogP contribution in [0.25, 0.3) is 10.2 Å². The lowest BCUT2D eigenvalue weighted by Gasteiger charge is -1.97. The van der Waals surface area contributed by atoms with Crippen molar-refractivity contribution in [3.05, 3.63) is 27.2 Å². The van der Waals surface area contributed by atoms with Crippen LogP contribution in [-0.2, 0) is 6.42 Å². The van der Waals surface area contributed by atoms with Crippen molar-refractivity contribution in [2.45, 2.75) is 53.4 Å². The SMILES string of the molecule is CCC.CCc1cc(Br)c2nc(C(C)C)sc2c1.